The summed E-state index contributed by atoms with van der Waals surface area (Å²) in [5, 5.41) is 8.48. The van der Waals surface area contributed by atoms with Crippen molar-refractivity contribution in [2.75, 3.05) is 0 Å². The van der Waals surface area contributed by atoms with Gasteiger partial charge in [0.15, 0.2) is 0 Å². The number of aliphatic carboxylic acids is 1. The summed E-state index contributed by atoms with van der Waals surface area (Å²) in [5.41, 5.74) is -0.872. The zero-order chi connectivity index (χ0) is 12.3. The molecule has 16 heavy (non-hydrogen) atoms. The highest BCUT2D eigenvalue weighted by molar-refractivity contribution is 5.90. The van der Waals surface area contributed by atoms with Gasteiger partial charge in [0.25, 0.3) is 0 Å². The lowest BCUT2D eigenvalue weighted by Gasteiger charge is -2.12. The molecule has 0 unspecified atom stereocenters. The van der Waals surface area contributed by atoms with Crippen LogP contribution in [-0.4, -0.2) is 11.1 Å². The Labute approximate surface area is 90.0 Å². The van der Waals surface area contributed by atoms with E-state index in [1.165, 1.54) is 25.1 Å². The van der Waals surface area contributed by atoms with Crippen LogP contribution >= 0.6 is 0 Å². The lowest BCUT2D eigenvalue weighted by atomic mass is 10.0. The molecular formula is C11H9F3O2. The quantitative estimate of drug-likeness (QED) is 0.792. The Balaban J connectivity index is 3.29. The van der Waals surface area contributed by atoms with E-state index in [4.69, 9.17) is 5.11 Å². The highest BCUT2D eigenvalue weighted by atomic mass is 19.4. The summed E-state index contributed by atoms with van der Waals surface area (Å²) in [6.07, 6.45) is -3.73. The molecule has 0 bridgehead atoms. The Bertz CT molecular complexity index is 433. The van der Waals surface area contributed by atoms with Gasteiger partial charge in [-0.1, -0.05) is 18.2 Å². The minimum atomic E-state index is -4.48. The topological polar surface area (TPSA) is 37.3 Å². The zero-order valence-electron chi connectivity index (χ0n) is 8.38. The number of benzene rings is 1. The van der Waals surface area contributed by atoms with E-state index in [2.05, 4.69) is 0 Å². The van der Waals surface area contributed by atoms with Gasteiger partial charge in [-0.15, -0.1) is 0 Å². The van der Waals surface area contributed by atoms with Gasteiger partial charge in [0.05, 0.1) is 5.56 Å². The average molecular weight is 230 g/mol. The van der Waals surface area contributed by atoms with Crippen molar-refractivity contribution in [2.45, 2.75) is 13.1 Å². The van der Waals surface area contributed by atoms with Crippen molar-refractivity contribution in [3.63, 3.8) is 0 Å². The Morgan fingerprint density at radius 3 is 2.38 bits per heavy atom. The lowest BCUT2D eigenvalue weighted by molar-refractivity contribution is -0.138. The van der Waals surface area contributed by atoms with Crippen LogP contribution in [0.15, 0.2) is 30.3 Å². The van der Waals surface area contributed by atoms with Crippen LogP contribution in [0.25, 0.3) is 5.57 Å². The van der Waals surface area contributed by atoms with Gasteiger partial charge in [0.1, 0.15) is 0 Å². The molecule has 0 atom stereocenters. The van der Waals surface area contributed by atoms with Gasteiger partial charge < -0.3 is 5.11 Å². The smallest absolute Gasteiger partial charge is 0.416 e. The molecular weight excluding hydrogens is 221 g/mol. The summed E-state index contributed by atoms with van der Waals surface area (Å²) < 4.78 is 37.7. The van der Waals surface area contributed by atoms with Gasteiger partial charge in [0.2, 0.25) is 0 Å². The van der Waals surface area contributed by atoms with Gasteiger partial charge in [-0.25, -0.2) is 4.79 Å². The molecule has 1 aromatic rings. The van der Waals surface area contributed by atoms with Crippen LogP contribution < -0.4 is 0 Å². The molecule has 1 aromatic carbocycles. The fourth-order valence-corrected chi connectivity index (χ4v) is 1.34. The van der Waals surface area contributed by atoms with Gasteiger partial charge in [0, 0.05) is 6.08 Å². The first-order valence-electron chi connectivity index (χ1n) is 4.40. The highest BCUT2D eigenvalue weighted by Gasteiger charge is 2.33. The zero-order valence-corrected chi connectivity index (χ0v) is 8.38. The summed E-state index contributed by atoms with van der Waals surface area (Å²) in [6.45, 7) is 1.33. The summed E-state index contributed by atoms with van der Waals surface area (Å²) in [4.78, 5) is 10.4. The van der Waals surface area contributed by atoms with E-state index in [9.17, 15) is 18.0 Å². The third kappa shape index (κ3) is 2.85. The van der Waals surface area contributed by atoms with Crippen molar-refractivity contribution in [2.24, 2.45) is 0 Å². The van der Waals surface area contributed by atoms with E-state index in [1.54, 1.807) is 0 Å². The van der Waals surface area contributed by atoms with E-state index in [0.29, 0.717) is 0 Å². The first-order chi connectivity index (χ1) is 7.32. The Morgan fingerprint density at radius 1 is 1.31 bits per heavy atom. The molecule has 0 heterocycles. The molecule has 86 valence electrons. The van der Waals surface area contributed by atoms with Crippen LogP contribution in [0.5, 0.6) is 0 Å². The molecule has 0 fully saturated rings. The maximum atomic E-state index is 12.6. The first kappa shape index (κ1) is 12.3. The monoisotopic (exact) mass is 230 g/mol. The normalized spacial score (nSPS) is 12.6. The maximum absolute atomic E-state index is 12.6. The number of alkyl halides is 3. The molecule has 0 aliphatic carbocycles. The summed E-state index contributed by atoms with van der Waals surface area (Å²) in [6, 6.07) is 4.87. The van der Waals surface area contributed by atoms with Gasteiger partial charge in [-0.3, -0.25) is 0 Å². The summed E-state index contributed by atoms with van der Waals surface area (Å²) in [5.74, 6) is -1.27. The maximum Gasteiger partial charge on any atom is 0.416 e. The van der Waals surface area contributed by atoms with Crippen molar-refractivity contribution in [1.29, 1.82) is 0 Å². The van der Waals surface area contributed by atoms with E-state index in [1.807, 2.05) is 0 Å². The second kappa shape index (κ2) is 4.38. The van der Waals surface area contributed by atoms with Gasteiger partial charge in [-0.2, -0.15) is 13.2 Å². The second-order valence-corrected chi connectivity index (χ2v) is 3.21. The minimum Gasteiger partial charge on any atom is -0.478 e. The number of rotatable bonds is 2. The van der Waals surface area contributed by atoms with Crippen LogP contribution in [0.2, 0.25) is 0 Å². The summed E-state index contributed by atoms with van der Waals surface area (Å²) in [7, 11) is 0. The molecule has 0 aromatic heterocycles. The van der Waals surface area contributed by atoms with Crippen molar-refractivity contribution in [3.05, 3.63) is 41.5 Å². The number of halogens is 3. The number of hydrogen-bond acceptors (Lipinski definition) is 1. The number of carbonyl (C=O) groups is 1. The highest BCUT2D eigenvalue weighted by Crippen LogP contribution is 2.34. The van der Waals surface area contributed by atoms with Crippen LogP contribution in [-0.2, 0) is 11.0 Å². The average Bonchev–Trinajstić information content (AvgIpc) is 2.15. The van der Waals surface area contributed by atoms with E-state index in [-0.39, 0.29) is 11.1 Å². The van der Waals surface area contributed by atoms with Crippen LogP contribution in [0.4, 0.5) is 13.2 Å². The van der Waals surface area contributed by atoms with E-state index in [0.717, 1.165) is 12.1 Å². The third-order valence-electron chi connectivity index (χ3n) is 2.00. The van der Waals surface area contributed by atoms with Gasteiger partial charge >= 0.3 is 12.1 Å². The fraction of sp³-hybridized carbons (Fsp3) is 0.182. The predicted octanol–water partition coefficient (Wildman–Crippen LogP) is 3.19. The molecule has 5 heteroatoms. The SMILES string of the molecule is C/C(=C\C(=O)O)c1ccccc1C(F)(F)F. The number of hydrogen-bond donors (Lipinski definition) is 1. The second-order valence-electron chi connectivity index (χ2n) is 3.21. The third-order valence-corrected chi connectivity index (χ3v) is 2.00. The standard InChI is InChI=1S/C11H9F3O2/c1-7(6-10(15)16)8-4-2-3-5-9(8)11(12,13)14/h2-6H,1H3,(H,15,16)/b7-6+. The minimum absolute atomic E-state index is 0.0698. The van der Waals surface area contributed by atoms with Crippen molar-refractivity contribution < 1.29 is 23.1 Å². The van der Waals surface area contributed by atoms with Crippen molar-refractivity contribution >= 4 is 11.5 Å². The summed E-state index contributed by atoms with van der Waals surface area (Å²) >= 11 is 0. The molecule has 0 aliphatic rings. The van der Waals surface area contributed by atoms with E-state index >= 15 is 0 Å². The largest absolute Gasteiger partial charge is 0.478 e. The number of carboxylic acids is 1. The van der Waals surface area contributed by atoms with Crippen molar-refractivity contribution in [1.82, 2.24) is 0 Å². The molecule has 2 nitrogen and oxygen atoms in total. The Hall–Kier alpha value is -1.78. The Morgan fingerprint density at radius 2 is 1.88 bits per heavy atom. The molecule has 1 N–H and O–H groups in total. The molecule has 0 radical (unpaired) electrons. The van der Waals surface area contributed by atoms with Crippen LogP contribution in [0.3, 0.4) is 0 Å². The number of allylic oxidation sites excluding steroid dienone is 1. The van der Waals surface area contributed by atoms with Crippen LogP contribution in [0, 0.1) is 0 Å². The van der Waals surface area contributed by atoms with E-state index < -0.39 is 17.7 Å². The fourth-order valence-electron chi connectivity index (χ4n) is 1.34. The molecule has 0 amide bonds. The van der Waals surface area contributed by atoms with Gasteiger partial charge in [-0.05, 0) is 24.1 Å². The van der Waals surface area contributed by atoms with Crippen molar-refractivity contribution in [3.8, 4) is 0 Å². The predicted molar refractivity (Wildman–Crippen MR) is 52.7 cm³/mol. The molecule has 0 aliphatic heterocycles. The molecule has 0 saturated heterocycles. The lowest BCUT2D eigenvalue weighted by Crippen LogP contribution is -2.08. The molecule has 1 rings (SSSR count). The molecule has 0 saturated carbocycles. The first-order valence-corrected chi connectivity index (χ1v) is 4.40. The Kier molecular flexibility index (Phi) is 3.37. The van der Waals surface area contributed by atoms with Crippen LogP contribution in [0.1, 0.15) is 18.1 Å². The molecule has 0 spiro atoms. The number of carboxylic acid groups (broad SMARTS) is 1.